The summed E-state index contributed by atoms with van der Waals surface area (Å²) in [6.07, 6.45) is 2.65. The molecular formula is C18H28O2. The number of carbonyl (C=O) groups excluding carboxylic acids is 1. The van der Waals surface area contributed by atoms with Crippen molar-refractivity contribution in [1.29, 1.82) is 0 Å². The lowest BCUT2D eigenvalue weighted by Crippen LogP contribution is -2.14. The standard InChI is InChI=1S/C18H28O2/c1-7-14(9-8-13(2)19)15-10-11-17(20-6)16(12-15)18(3,4)5/h10-12,14H,7-9H2,1-6H3. The average molecular weight is 276 g/mol. The second-order valence-electron chi connectivity index (χ2n) is 6.56. The Kier molecular flexibility index (Phi) is 5.79. The molecule has 0 aliphatic carbocycles. The lowest BCUT2D eigenvalue weighted by atomic mass is 9.82. The molecule has 0 N–H and O–H groups in total. The van der Waals surface area contributed by atoms with Crippen LogP contribution in [0.4, 0.5) is 0 Å². The van der Waals surface area contributed by atoms with Crippen molar-refractivity contribution in [1.82, 2.24) is 0 Å². The van der Waals surface area contributed by atoms with Crippen LogP contribution in [-0.2, 0) is 10.2 Å². The summed E-state index contributed by atoms with van der Waals surface area (Å²) in [5, 5.41) is 0. The van der Waals surface area contributed by atoms with Crippen molar-refractivity contribution in [2.45, 2.75) is 65.2 Å². The molecule has 20 heavy (non-hydrogen) atoms. The number of hydrogen-bond donors (Lipinski definition) is 0. The molecule has 0 fully saturated rings. The Bertz CT molecular complexity index is 455. The van der Waals surface area contributed by atoms with Crippen LogP contribution in [-0.4, -0.2) is 12.9 Å². The molecule has 1 atom stereocenters. The van der Waals surface area contributed by atoms with Crippen LogP contribution in [0.15, 0.2) is 18.2 Å². The second-order valence-corrected chi connectivity index (χ2v) is 6.56. The molecule has 0 bridgehead atoms. The molecule has 0 saturated carbocycles. The van der Waals surface area contributed by atoms with Crippen molar-refractivity contribution in [3.8, 4) is 5.75 Å². The topological polar surface area (TPSA) is 26.3 Å². The average Bonchev–Trinajstić information content (AvgIpc) is 2.38. The molecule has 0 aliphatic heterocycles. The predicted octanol–water partition coefficient (Wildman–Crippen LogP) is 4.86. The Morgan fingerprint density at radius 3 is 2.40 bits per heavy atom. The number of methoxy groups -OCH3 is 1. The maximum atomic E-state index is 11.2. The van der Waals surface area contributed by atoms with Gasteiger partial charge in [-0.3, -0.25) is 0 Å². The van der Waals surface area contributed by atoms with E-state index in [0.29, 0.717) is 12.3 Å². The normalized spacial score (nSPS) is 13.1. The Morgan fingerprint density at radius 2 is 1.95 bits per heavy atom. The van der Waals surface area contributed by atoms with Gasteiger partial charge >= 0.3 is 0 Å². The van der Waals surface area contributed by atoms with Gasteiger partial charge in [0.25, 0.3) is 0 Å². The van der Waals surface area contributed by atoms with Crippen LogP contribution < -0.4 is 4.74 Å². The van der Waals surface area contributed by atoms with E-state index in [1.165, 1.54) is 11.1 Å². The lowest BCUT2D eigenvalue weighted by Gasteiger charge is -2.25. The molecule has 0 aliphatic rings. The molecule has 1 rings (SSSR count). The fourth-order valence-electron chi connectivity index (χ4n) is 2.55. The summed E-state index contributed by atoms with van der Waals surface area (Å²) < 4.78 is 5.48. The molecule has 0 saturated heterocycles. The number of hydrogen-bond acceptors (Lipinski definition) is 2. The number of rotatable bonds is 6. The second kappa shape index (κ2) is 6.92. The summed E-state index contributed by atoms with van der Waals surface area (Å²) in [5.41, 5.74) is 2.61. The van der Waals surface area contributed by atoms with Crippen LogP contribution in [0.25, 0.3) is 0 Å². The highest BCUT2D eigenvalue weighted by Crippen LogP contribution is 2.35. The third-order valence-corrected chi connectivity index (χ3v) is 3.84. The number of ether oxygens (including phenoxy) is 1. The van der Waals surface area contributed by atoms with Gasteiger partial charge in [0.1, 0.15) is 11.5 Å². The molecule has 1 aromatic carbocycles. The third-order valence-electron chi connectivity index (χ3n) is 3.84. The Morgan fingerprint density at radius 1 is 1.30 bits per heavy atom. The van der Waals surface area contributed by atoms with Crippen molar-refractivity contribution >= 4 is 5.78 Å². The van der Waals surface area contributed by atoms with E-state index in [0.717, 1.165) is 18.6 Å². The molecular weight excluding hydrogens is 248 g/mol. The van der Waals surface area contributed by atoms with E-state index in [1.807, 2.05) is 0 Å². The summed E-state index contributed by atoms with van der Waals surface area (Å²) in [7, 11) is 1.72. The van der Waals surface area contributed by atoms with Crippen molar-refractivity contribution in [3.63, 3.8) is 0 Å². The van der Waals surface area contributed by atoms with Gasteiger partial charge in [-0.15, -0.1) is 0 Å². The zero-order chi connectivity index (χ0) is 15.3. The molecule has 0 spiro atoms. The van der Waals surface area contributed by atoms with Gasteiger partial charge in [0, 0.05) is 6.42 Å². The first-order valence-corrected chi connectivity index (χ1v) is 7.47. The molecule has 0 heterocycles. The summed E-state index contributed by atoms with van der Waals surface area (Å²) in [4.78, 5) is 11.2. The van der Waals surface area contributed by atoms with E-state index in [-0.39, 0.29) is 11.2 Å². The van der Waals surface area contributed by atoms with Gasteiger partial charge in [0.2, 0.25) is 0 Å². The fourth-order valence-corrected chi connectivity index (χ4v) is 2.55. The van der Waals surface area contributed by atoms with E-state index in [2.05, 4.69) is 45.9 Å². The number of carbonyl (C=O) groups is 1. The first kappa shape index (κ1) is 16.7. The van der Waals surface area contributed by atoms with Crippen molar-refractivity contribution < 1.29 is 9.53 Å². The summed E-state index contributed by atoms with van der Waals surface area (Å²) in [6.45, 7) is 10.5. The highest BCUT2D eigenvalue weighted by molar-refractivity contribution is 5.75. The highest BCUT2D eigenvalue weighted by atomic mass is 16.5. The van der Waals surface area contributed by atoms with Gasteiger partial charge in [-0.25, -0.2) is 0 Å². The van der Waals surface area contributed by atoms with Crippen molar-refractivity contribution in [2.24, 2.45) is 0 Å². The number of benzene rings is 1. The van der Waals surface area contributed by atoms with Gasteiger partial charge in [-0.05, 0) is 48.3 Å². The first-order valence-electron chi connectivity index (χ1n) is 7.47. The Labute approximate surface area is 123 Å². The largest absolute Gasteiger partial charge is 0.496 e. The first-order chi connectivity index (χ1) is 9.29. The number of ketones is 1. The summed E-state index contributed by atoms with van der Waals surface area (Å²) in [5.74, 6) is 1.67. The molecule has 0 aromatic heterocycles. The van der Waals surface area contributed by atoms with Crippen LogP contribution in [0.1, 0.15) is 70.9 Å². The summed E-state index contributed by atoms with van der Waals surface area (Å²) >= 11 is 0. The fraction of sp³-hybridized carbons (Fsp3) is 0.611. The zero-order valence-electron chi connectivity index (χ0n) is 13.7. The molecule has 1 unspecified atom stereocenters. The minimum absolute atomic E-state index is 0.0558. The van der Waals surface area contributed by atoms with Crippen LogP contribution >= 0.6 is 0 Å². The predicted molar refractivity (Wildman–Crippen MR) is 84.6 cm³/mol. The van der Waals surface area contributed by atoms with Gasteiger partial charge in [-0.2, -0.15) is 0 Å². The molecule has 1 aromatic rings. The maximum absolute atomic E-state index is 11.2. The van der Waals surface area contributed by atoms with Gasteiger partial charge in [-0.1, -0.05) is 39.8 Å². The van der Waals surface area contributed by atoms with E-state index < -0.39 is 0 Å². The van der Waals surface area contributed by atoms with E-state index in [1.54, 1.807) is 14.0 Å². The van der Waals surface area contributed by atoms with E-state index >= 15 is 0 Å². The van der Waals surface area contributed by atoms with Gasteiger partial charge < -0.3 is 9.53 Å². The summed E-state index contributed by atoms with van der Waals surface area (Å²) in [6, 6.07) is 6.46. The monoisotopic (exact) mass is 276 g/mol. The quantitative estimate of drug-likeness (QED) is 0.742. The van der Waals surface area contributed by atoms with Crippen LogP contribution in [0, 0.1) is 0 Å². The van der Waals surface area contributed by atoms with Crippen LogP contribution in [0.3, 0.4) is 0 Å². The molecule has 0 radical (unpaired) electrons. The van der Waals surface area contributed by atoms with Crippen LogP contribution in [0.5, 0.6) is 5.75 Å². The maximum Gasteiger partial charge on any atom is 0.129 e. The molecule has 0 amide bonds. The van der Waals surface area contributed by atoms with Crippen LogP contribution in [0.2, 0.25) is 0 Å². The molecule has 112 valence electrons. The Hall–Kier alpha value is -1.31. The third kappa shape index (κ3) is 4.36. The zero-order valence-corrected chi connectivity index (χ0v) is 13.7. The minimum atomic E-state index is 0.0558. The SMILES string of the molecule is CCC(CCC(C)=O)c1ccc(OC)c(C(C)(C)C)c1. The smallest absolute Gasteiger partial charge is 0.129 e. The highest BCUT2D eigenvalue weighted by Gasteiger charge is 2.21. The van der Waals surface area contributed by atoms with E-state index in [4.69, 9.17) is 4.74 Å². The minimum Gasteiger partial charge on any atom is -0.496 e. The number of Topliss-reactive ketones (excluding diaryl/α,β-unsaturated/α-hetero) is 1. The molecule has 2 heteroatoms. The molecule has 2 nitrogen and oxygen atoms in total. The van der Waals surface area contributed by atoms with Gasteiger partial charge in [0.05, 0.1) is 7.11 Å². The van der Waals surface area contributed by atoms with Gasteiger partial charge in [0.15, 0.2) is 0 Å². The lowest BCUT2D eigenvalue weighted by molar-refractivity contribution is -0.117. The van der Waals surface area contributed by atoms with Crippen molar-refractivity contribution in [3.05, 3.63) is 29.3 Å². The Balaban J connectivity index is 3.08. The van der Waals surface area contributed by atoms with E-state index in [9.17, 15) is 4.79 Å². The van der Waals surface area contributed by atoms with Crippen molar-refractivity contribution in [2.75, 3.05) is 7.11 Å².